The van der Waals surface area contributed by atoms with Gasteiger partial charge < -0.3 is 9.40 Å². The van der Waals surface area contributed by atoms with Gasteiger partial charge in [-0.1, -0.05) is 127 Å². The zero-order valence-corrected chi connectivity index (χ0v) is 43.2. The molecule has 0 amide bonds. The average Bonchev–Trinajstić information content (AvgIpc) is 3.97. The molecule has 0 atom stereocenters. The minimum Gasteiger partial charge on any atom is -0.501 e. The molecule has 7 heteroatoms. The third-order valence-corrected chi connectivity index (χ3v) is 17.0. The van der Waals surface area contributed by atoms with Crippen LogP contribution in [0.5, 0.6) is 0 Å². The summed E-state index contributed by atoms with van der Waals surface area (Å²) in [5.74, 6) is 8.27. The van der Waals surface area contributed by atoms with Crippen LogP contribution in [0, 0.1) is 36.7 Å². The van der Waals surface area contributed by atoms with E-state index in [-0.39, 0.29) is 25.9 Å². The molecule has 9 aromatic rings. The van der Waals surface area contributed by atoms with Gasteiger partial charge in [0.15, 0.2) is 0 Å². The third kappa shape index (κ3) is 10.4. The summed E-state index contributed by atoms with van der Waals surface area (Å²) in [5.41, 5.74) is 14.3. The maximum Gasteiger partial charge on any atom is 0.121 e. The normalized spacial score (nSPS) is 12.9. The second-order valence-electron chi connectivity index (χ2n) is 19.1. The fourth-order valence-corrected chi connectivity index (χ4v) is 12.7. The van der Waals surface area contributed by atoms with Gasteiger partial charge in [0.25, 0.3) is 0 Å². The topological polar surface area (TPSA) is 51.8 Å². The summed E-state index contributed by atoms with van der Waals surface area (Å²) in [7, 11) is 0. The Kier molecular flexibility index (Phi) is 14.6. The molecule has 4 heterocycles. The molecule has 10 rings (SSSR count). The van der Waals surface area contributed by atoms with Gasteiger partial charge in [-0.3, -0.25) is 0 Å². The zero-order chi connectivity index (χ0) is 45.1. The fourth-order valence-electron chi connectivity index (χ4n) is 9.35. The Bertz CT molecular complexity index is 3100. The molecule has 1 radical (unpaired) electrons. The SMILES string of the molecule is Cc1cc[c-]c(-c2cc(CC(C)C)[c]([Ge]([CH3])([CH3])[CH3])cn2)c1F.[Ir].[c-]1ccc2c(oc3cc(-c4ccc(-c5ccccc5)nc4-c4ccccc4)ccc32)c1-c1cc(CC2CCCC2)ccn1. The summed E-state index contributed by atoms with van der Waals surface area (Å²) in [6.07, 6.45) is 11.4. The first kappa shape index (κ1) is 47.0. The minimum atomic E-state index is -1.98. The van der Waals surface area contributed by atoms with Crippen LogP contribution in [0.2, 0.25) is 17.3 Å². The zero-order valence-electron chi connectivity index (χ0n) is 38.7. The number of rotatable bonds is 10. The molecule has 1 saturated carbocycles. The van der Waals surface area contributed by atoms with Gasteiger partial charge in [-0.15, -0.1) is 18.2 Å². The fraction of sp³-hybridized carbons (Fsp3) is 0.237. The van der Waals surface area contributed by atoms with Crippen LogP contribution < -0.4 is 4.40 Å². The second-order valence-corrected chi connectivity index (χ2v) is 29.6. The first-order chi connectivity index (χ1) is 31.5. The van der Waals surface area contributed by atoms with E-state index in [0.717, 1.165) is 85.6 Å². The molecule has 1 aliphatic carbocycles. The van der Waals surface area contributed by atoms with Crippen LogP contribution in [0.3, 0.4) is 0 Å². The van der Waals surface area contributed by atoms with Crippen molar-refractivity contribution in [1.82, 2.24) is 15.0 Å². The summed E-state index contributed by atoms with van der Waals surface area (Å²) >= 11 is -1.98. The number of aromatic nitrogens is 3. The number of furan rings is 1. The van der Waals surface area contributed by atoms with Crippen molar-refractivity contribution in [3.8, 4) is 56.2 Å². The van der Waals surface area contributed by atoms with Crippen molar-refractivity contribution in [2.45, 2.75) is 76.6 Å². The third-order valence-electron chi connectivity index (χ3n) is 12.6. The van der Waals surface area contributed by atoms with Crippen molar-refractivity contribution < 1.29 is 28.9 Å². The van der Waals surface area contributed by atoms with Gasteiger partial charge in [0, 0.05) is 48.4 Å². The second kappa shape index (κ2) is 20.5. The Balaban J connectivity index is 0.000000219. The molecule has 4 nitrogen and oxygen atoms in total. The first-order valence-corrected chi connectivity index (χ1v) is 30.5. The largest absolute Gasteiger partial charge is 0.501 e. The van der Waals surface area contributed by atoms with E-state index in [1.54, 1.807) is 19.1 Å². The molecular formula is C59H56FGeIrN3O-2. The van der Waals surface area contributed by atoms with Crippen LogP contribution in [0.25, 0.3) is 78.1 Å². The van der Waals surface area contributed by atoms with Gasteiger partial charge >= 0.3 is 136 Å². The van der Waals surface area contributed by atoms with E-state index in [9.17, 15) is 4.39 Å². The number of fused-ring (bicyclic) bond motifs is 3. The predicted octanol–water partition coefficient (Wildman–Crippen LogP) is 15.3. The Labute approximate surface area is 405 Å². The van der Waals surface area contributed by atoms with E-state index >= 15 is 0 Å². The summed E-state index contributed by atoms with van der Waals surface area (Å²) in [6, 6.07) is 52.1. The standard InChI is InChI=1S/C40H31N2O.C19H25FGeN.Ir/c1-3-12-29(13-4-1)36-21-20-32(39(42-36)30-14-5-2-6-15-30)31-18-19-33-34-16-9-17-35(40(34)43-38(33)26-31)37-25-28(22-23-41-37)24-27-10-7-8-11-27;1-13(2)10-15-11-18(22-12-17(15)21(4,5)6)16-9-7-8-14(3)19(16)20;/h1-6,9,12-16,18-23,25-27H,7-8,10-11,24H2;7-8,11-13H,10H2,1-6H3;/q2*-1;. The number of halogens is 1. The predicted molar refractivity (Wildman–Crippen MR) is 270 cm³/mol. The Morgan fingerprint density at radius 2 is 1.41 bits per heavy atom. The van der Waals surface area contributed by atoms with Gasteiger partial charge in [0.1, 0.15) is 5.58 Å². The molecule has 4 aromatic heterocycles. The number of pyridine rings is 3. The van der Waals surface area contributed by atoms with Crippen molar-refractivity contribution in [2.75, 3.05) is 0 Å². The summed E-state index contributed by atoms with van der Waals surface area (Å²) in [5, 5.41) is 2.17. The molecule has 0 unspecified atom stereocenters. The number of hydrogen-bond donors (Lipinski definition) is 0. The monoisotopic (exact) mass is 1110 g/mol. The van der Waals surface area contributed by atoms with Gasteiger partial charge in [0.05, 0.1) is 17.0 Å². The van der Waals surface area contributed by atoms with Gasteiger partial charge in [0.2, 0.25) is 0 Å². The van der Waals surface area contributed by atoms with Crippen molar-refractivity contribution in [1.29, 1.82) is 0 Å². The van der Waals surface area contributed by atoms with E-state index < -0.39 is 13.3 Å². The Morgan fingerprint density at radius 1 is 0.712 bits per heavy atom. The molecular weight excluding hydrogens is 1050 g/mol. The molecule has 0 aliphatic heterocycles. The maximum absolute atomic E-state index is 14.4. The van der Waals surface area contributed by atoms with E-state index in [0.29, 0.717) is 22.7 Å². The van der Waals surface area contributed by atoms with Crippen LogP contribution in [-0.4, -0.2) is 28.2 Å². The number of aryl methyl sites for hydroxylation is 1. The summed E-state index contributed by atoms with van der Waals surface area (Å²) < 4.78 is 22.4. The van der Waals surface area contributed by atoms with Crippen LogP contribution in [0.4, 0.5) is 4.39 Å². The Morgan fingerprint density at radius 3 is 2.14 bits per heavy atom. The molecule has 0 spiro atoms. The smallest absolute Gasteiger partial charge is 0.121 e. The van der Waals surface area contributed by atoms with Crippen molar-refractivity contribution in [2.24, 2.45) is 11.8 Å². The van der Waals surface area contributed by atoms with Gasteiger partial charge in [-0.25, -0.2) is 4.98 Å². The van der Waals surface area contributed by atoms with E-state index in [4.69, 9.17) is 14.4 Å². The van der Waals surface area contributed by atoms with Crippen LogP contribution in [0.1, 0.15) is 56.2 Å². The maximum atomic E-state index is 14.4. The van der Waals surface area contributed by atoms with Crippen molar-refractivity contribution >= 4 is 39.6 Å². The van der Waals surface area contributed by atoms with Crippen LogP contribution in [-0.2, 0) is 32.9 Å². The van der Waals surface area contributed by atoms with E-state index in [1.165, 1.54) is 41.2 Å². The quantitative estimate of drug-likeness (QED) is 0.101. The Hall–Kier alpha value is -5.53. The van der Waals surface area contributed by atoms with Gasteiger partial charge in [-0.05, 0) is 41.8 Å². The average molecular weight is 1110 g/mol. The molecule has 0 bridgehead atoms. The van der Waals surface area contributed by atoms with E-state index in [1.807, 2.05) is 30.6 Å². The van der Waals surface area contributed by atoms with Crippen molar-refractivity contribution in [3.05, 3.63) is 180 Å². The first-order valence-electron chi connectivity index (χ1n) is 23.1. The minimum absolute atomic E-state index is 0. The molecule has 66 heavy (non-hydrogen) atoms. The number of nitrogens with zero attached hydrogens (tertiary/aromatic N) is 3. The number of benzene rings is 5. The van der Waals surface area contributed by atoms with Crippen LogP contribution >= 0.6 is 0 Å². The molecule has 1 aliphatic rings. The van der Waals surface area contributed by atoms with E-state index in [2.05, 4.69) is 151 Å². The van der Waals surface area contributed by atoms with Gasteiger partial charge in [-0.2, -0.15) is 0 Å². The molecule has 5 aromatic carbocycles. The molecule has 0 N–H and O–H groups in total. The summed E-state index contributed by atoms with van der Waals surface area (Å²) in [4.78, 5) is 14.5. The summed E-state index contributed by atoms with van der Waals surface area (Å²) in [6.45, 7) is 6.22. The number of hydrogen-bond acceptors (Lipinski definition) is 4. The molecule has 0 saturated heterocycles. The van der Waals surface area contributed by atoms with Crippen LogP contribution in [0.15, 0.2) is 150 Å². The molecule has 1 fully saturated rings. The van der Waals surface area contributed by atoms with Crippen molar-refractivity contribution in [3.63, 3.8) is 0 Å². The molecule has 335 valence electrons.